The van der Waals surface area contributed by atoms with E-state index in [0.29, 0.717) is 36.2 Å². The van der Waals surface area contributed by atoms with Gasteiger partial charge in [0.25, 0.3) is 0 Å². The highest BCUT2D eigenvalue weighted by molar-refractivity contribution is 5.75. The van der Waals surface area contributed by atoms with Crippen molar-refractivity contribution in [2.45, 2.75) is 33.0 Å². The molecule has 0 saturated heterocycles. The Morgan fingerprint density at radius 1 is 1.09 bits per heavy atom. The highest BCUT2D eigenvalue weighted by atomic mass is 16.7. The van der Waals surface area contributed by atoms with E-state index in [-0.39, 0.29) is 24.9 Å². The minimum absolute atomic E-state index is 0.188. The molecular formula is C25H24N6O4. The second kappa shape index (κ2) is 8.46. The molecular weight excluding hydrogens is 448 g/mol. The Balaban J connectivity index is 1.22. The number of ether oxygens (including phenoxy) is 2. The molecule has 0 fully saturated rings. The lowest BCUT2D eigenvalue weighted by atomic mass is 10.0. The molecule has 2 aromatic carbocycles. The van der Waals surface area contributed by atoms with Gasteiger partial charge in [-0.2, -0.15) is 0 Å². The van der Waals surface area contributed by atoms with E-state index in [2.05, 4.69) is 32.4 Å². The molecule has 0 bridgehead atoms. The molecule has 0 spiro atoms. The van der Waals surface area contributed by atoms with Crippen LogP contribution >= 0.6 is 0 Å². The molecule has 0 atom stereocenters. The van der Waals surface area contributed by atoms with Gasteiger partial charge in [-0.25, -0.2) is 18.9 Å². The van der Waals surface area contributed by atoms with Crippen molar-refractivity contribution in [3.8, 4) is 11.5 Å². The molecule has 35 heavy (non-hydrogen) atoms. The van der Waals surface area contributed by atoms with E-state index >= 15 is 0 Å². The van der Waals surface area contributed by atoms with Crippen LogP contribution in [0.2, 0.25) is 0 Å². The van der Waals surface area contributed by atoms with Crippen molar-refractivity contribution < 1.29 is 14.3 Å². The fraction of sp³-hybridized carbons (Fsp3) is 0.280. The largest absolute Gasteiger partial charge is 0.454 e. The summed E-state index contributed by atoms with van der Waals surface area (Å²) in [6.07, 6.45) is 0.873. The number of aryl methyl sites for hydroxylation is 1. The SMILES string of the molecule is Cc1cc2nn(CC(=O)NCc3ccc4c(c3)OCO4)c(=O)n2c(N2CCc3ccccc3C2)n1. The van der Waals surface area contributed by atoms with E-state index in [0.717, 1.165) is 24.2 Å². The summed E-state index contributed by atoms with van der Waals surface area (Å²) in [6.45, 7) is 3.60. The van der Waals surface area contributed by atoms with Crippen LogP contribution in [0.15, 0.2) is 53.3 Å². The number of carbonyl (C=O) groups is 1. The zero-order chi connectivity index (χ0) is 23.9. The summed E-state index contributed by atoms with van der Waals surface area (Å²) < 4.78 is 13.4. The number of nitrogens with one attached hydrogen (secondary N) is 1. The Hall–Kier alpha value is -4.34. The first-order valence-electron chi connectivity index (χ1n) is 11.5. The number of hydrogen-bond acceptors (Lipinski definition) is 7. The summed E-state index contributed by atoms with van der Waals surface area (Å²) in [5.41, 5.74) is 4.25. The number of carbonyl (C=O) groups excluding carboxylic acids is 1. The van der Waals surface area contributed by atoms with Crippen LogP contribution in [0.5, 0.6) is 11.5 Å². The zero-order valence-electron chi connectivity index (χ0n) is 19.2. The Labute approximate surface area is 200 Å². The lowest BCUT2D eigenvalue weighted by Gasteiger charge is -2.29. The molecule has 4 aromatic rings. The van der Waals surface area contributed by atoms with E-state index in [1.807, 2.05) is 37.3 Å². The smallest absolute Gasteiger partial charge is 0.353 e. The van der Waals surface area contributed by atoms with Gasteiger partial charge in [-0.15, -0.1) is 5.10 Å². The van der Waals surface area contributed by atoms with Gasteiger partial charge in [-0.3, -0.25) is 4.79 Å². The van der Waals surface area contributed by atoms with Crippen molar-refractivity contribution >= 4 is 17.5 Å². The van der Waals surface area contributed by atoms with Crippen molar-refractivity contribution in [1.82, 2.24) is 24.5 Å². The summed E-state index contributed by atoms with van der Waals surface area (Å²) >= 11 is 0. The molecule has 10 heteroatoms. The van der Waals surface area contributed by atoms with Crippen LogP contribution < -0.4 is 25.4 Å². The number of nitrogens with zero attached hydrogens (tertiary/aromatic N) is 5. The third-order valence-corrected chi connectivity index (χ3v) is 6.31. The standard InChI is InChI=1S/C25H24N6O4/c1-16-10-22-28-30(14-23(32)26-12-17-6-7-20-21(11-17)35-15-34-20)25(33)31(22)24(27-16)29-9-8-18-4-2-3-5-19(18)13-29/h2-7,10-11H,8-9,12-15H2,1H3,(H,26,32). The highest BCUT2D eigenvalue weighted by Crippen LogP contribution is 2.32. The number of amides is 1. The number of rotatable bonds is 5. The molecule has 10 nitrogen and oxygen atoms in total. The van der Waals surface area contributed by atoms with E-state index in [1.54, 1.807) is 6.07 Å². The first kappa shape index (κ1) is 21.2. The molecule has 4 heterocycles. The summed E-state index contributed by atoms with van der Waals surface area (Å²) in [5.74, 6) is 1.58. The van der Waals surface area contributed by atoms with Gasteiger partial charge in [0.15, 0.2) is 17.1 Å². The first-order chi connectivity index (χ1) is 17.0. The zero-order valence-corrected chi connectivity index (χ0v) is 19.2. The normalized spacial score (nSPS) is 14.3. The van der Waals surface area contributed by atoms with Gasteiger partial charge < -0.3 is 19.7 Å². The number of benzene rings is 2. The molecule has 2 aliphatic rings. The third-order valence-electron chi connectivity index (χ3n) is 6.31. The molecule has 1 amide bonds. The highest BCUT2D eigenvalue weighted by Gasteiger charge is 2.23. The molecule has 2 aromatic heterocycles. The number of fused-ring (bicyclic) bond motifs is 3. The fourth-order valence-electron chi connectivity index (χ4n) is 4.56. The van der Waals surface area contributed by atoms with Crippen molar-refractivity contribution in [3.05, 3.63) is 81.4 Å². The van der Waals surface area contributed by atoms with Gasteiger partial charge in [0, 0.05) is 31.4 Å². The van der Waals surface area contributed by atoms with E-state index in [1.165, 1.54) is 20.2 Å². The quantitative estimate of drug-likeness (QED) is 0.473. The summed E-state index contributed by atoms with van der Waals surface area (Å²) in [7, 11) is 0. The van der Waals surface area contributed by atoms with Crippen LogP contribution in [-0.4, -0.2) is 38.4 Å². The molecule has 178 valence electrons. The second-order valence-electron chi connectivity index (χ2n) is 8.74. The van der Waals surface area contributed by atoms with Crippen LogP contribution in [0.3, 0.4) is 0 Å². The van der Waals surface area contributed by atoms with Crippen molar-refractivity contribution in [2.75, 3.05) is 18.2 Å². The van der Waals surface area contributed by atoms with E-state index in [4.69, 9.17) is 9.47 Å². The maximum absolute atomic E-state index is 13.3. The summed E-state index contributed by atoms with van der Waals surface area (Å²) in [4.78, 5) is 32.7. The van der Waals surface area contributed by atoms with E-state index in [9.17, 15) is 9.59 Å². The summed E-state index contributed by atoms with van der Waals surface area (Å²) in [5, 5.41) is 7.26. The van der Waals surface area contributed by atoms with Crippen molar-refractivity contribution in [1.29, 1.82) is 0 Å². The third kappa shape index (κ3) is 3.96. The molecule has 0 unspecified atom stereocenters. The van der Waals surface area contributed by atoms with Gasteiger partial charge >= 0.3 is 5.69 Å². The van der Waals surface area contributed by atoms with Gasteiger partial charge in [0.1, 0.15) is 6.54 Å². The monoisotopic (exact) mass is 472 g/mol. The Kier molecular flexibility index (Phi) is 5.13. The lowest BCUT2D eigenvalue weighted by Crippen LogP contribution is -2.36. The number of aromatic nitrogens is 4. The van der Waals surface area contributed by atoms with Crippen LogP contribution in [-0.2, 0) is 30.8 Å². The topological polar surface area (TPSA) is 103 Å². The van der Waals surface area contributed by atoms with Crippen LogP contribution in [0.25, 0.3) is 5.65 Å². The van der Waals surface area contributed by atoms with Gasteiger partial charge in [0.2, 0.25) is 18.6 Å². The fourth-order valence-corrected chi connectivity index (χ4v) is 4.56. The van der Waals surface area contributed by atoms with Gasteiger partial charge in [0.05, 0.1) is 0 Å². The maximum Gasteiger partial charge on any atom is 0.353 e. The van der Waals surface area contributed by atoms with Gasteiger partial charge in [-0.05, 0) is 42.2 Å². The molecule has 0 aliphatic carbocycles. The average molecular weight is 473 g/mol. The summed E-state index contributed by atoms with van der Waals surface area (Å²) in [6, 6.07) is 15.6. The molecule has 2 aliphatic heterocycles. The van der Waals surface area contributed by atoms with Crippen LogP contribution in [0.1, 0.15) is 22.4 Å². The van der Waals surface area contributed by atoms with Crippen LogP contribution in [0.4, 0.5) is 5.95 Å². The molecule has 6 rings (SSSR count). The maximum atomic E-state index is 13.3. The molecule has 0 radical (unpaired) electrons. The predicted molar refractivity (Wildman–Crippen MR) is 128 cm³/mol. The Bertz CT molecular complexity index is 1510. The lowest BCUT2D eigenvalue weighted by molar-refractivity contribution is -0.122. The van der Waals surface area contributed by atoms with Crippen molar-refractivity contribution in [3.63, 3.8) is 0 Å². The van der Waals surface area contributed by atoms with Gasteiger partial charge in [-0.1, -0.05) is 30.3 Å². The van der Waals surface area contributed by atoms with E-state index < -0.39 is 0 Å². The Morgan fingerprint density at radius 3 is 2.80 bits per heavy atom. The predicted octanol–water partition coefficient (Wildman–Crippen LogP) is 1.81. The average Bonchev–Trinajstić information content (AvgIpc) is 3.45. The second-order valence-corrected chi connectivity index (χ2v) is 8.74. The minimum Gasteiger partial charge on any atom is -0.454 e. The number of anilines is 1. The molecule has 0 saturated carbocycles. The minimum atomic E-state index is -0.389. The van der Waals surface area contributed by atoms with Crippen molar-refractivity contribution in [2.24, 2.45) is 0 Å². The first-order valence-corrected chi connectivity index (χ1v) is 11.5. The molecule has 1 N–H and O–H groups in total. The Morgan fingerprint density at radius 2 is 1.91 bits per heavy atom. The van der Waals surface area contributed by atoms with Crippen LogP contribution in [0, 0.1) is 6.92 Å². The number of hydrogen-bond donors (Lipinski definition) is 1.